The van der Waals surface area contributed by atoms with Crippen LogP contribution >= 0.6 is 11.8 Å². The van der Waals surface area contributed by atoms with E-state index in [1.807, 2.05) is 55.5 Å². The minimum absolute atomic E-state index is 0.0132. The highest BCUT2D eigenvalue weighted by Crippen LogP contribution is 2.58. The van der Waals surface area contributed by atoms with Crippen molar-refractivity contribution in [1.82, 2.24) is 10.6 Å². The number of benzene rings is 5. The van der Waals surface area contributed by atoms with Gasteiger partial charge in [-0.05, 0) is 83.3 Å². The lowest BCUT2D eigenvalue weighted by molar-refractivity contribution is -0.148. The minimum atomic E-state index is -1.64. The number of alkyl carbamates (subject to hydrolysis) is 1. The number of methoxy groups -OCH3 is 1. The summed E-state index contributed by atoms with van der Waals surface area (Å²) in [4.78, 5) is 107. The largest absolute Gasteiger partial charge is 0.456 e. The normalized spacial score (nSPS) is 20.7. The van der Waals surface area contributed by atoms with Crippen LogP contribution in [0.25, 0.3) is 11.1 Å². The number of ether oxygens (including phenoxy) is 9. The molecular formula is C64H67N3O19S. The van der Waals surface area contributed by atoms with E-state index in [4.69, 9.17) is 42.6 Å². The number of ketones is 1. The van der Waals surface area contributed by atoms with Crippen molar-refractivity contribution >= 4 is 65.0 Å². The van der Waals surface area contributed by atoms with E-state index in [2.05, 4.69) is 10.6 Å². The van der Waals surface area contributed by atoms with Gasteiger partial charge in [-0.2, -0.15) is 0 Å². The molecule has 1 saturated carbocycles. The summed E-state index contributed by atoms with van der Waals surface area (Å²) in [5.41, 5.74) is 3.68. The fraction of sp³-hybridized carbons (Fsp3) is 0.406. The number of imide groups is 1. The van der Waals surface area contributed by atoms with E-state index in [0.29, 0.717) is 23.1 Å². The van der Waals surface area contributed by atoms with Gasteiger partial charge >= 0.3 is 24.0 Å². The van der Waals surface area contributed by atoms with Gasteiger partial charge in [0.1, 0.15) is 42.3 Å². The van der Waals surface area contributed by atoms with Crippen LogP contribution in [-0.2, 0) is 62.8 Å². The van der Waals surface area contributed by atoms with E-state index in [1.165, 1.54) is 57.4 Å². The first kappa shape index (κ1) is 62.0. The summed E-state index contributed by atoms with van der Waals surface area (Å²) >= 11 is 1.03. The fourth-order valence-corrected chi connectivity index (χ4v) is 13.1. The standard InChI is InChI=1S/C64H67N3O19S/c1-35-38(26-55(78-4)60(74)59(35)73)31-81-33-57(71)65-21-23-80-25-24-79-22-9-14-52(70)51(66-63(77)82-32-47-44-12-7-5-10-42(44)43-11-6-8-13-45(43)47)34-87-56-30-58(72)67(61(56)75)39-15-18-48-46(27-39)62(76)86-64(48)49-19-16-40(83-36(2)68)28-53(49)85-54-29-41(84-37(3)69)17-20-50(54)64/h5-8,10-13,15-20,27-29,35,38,47,51,55-56,59-60,73-74H,9,14,21-26,30-34H2,1-4H3,(H,65,71)(H,66,77)/t35-,38?,51?,55-,56?,59+,60?/m1/s1. The quantitative estimate of drug-likeness (QED) is 0.0216. The van der Waals surface area contributed by atoms with Crippen LogP contribution in [0, 0.1) is 11.8 Å². The Hall–Kier alpha value is -8.03. The van der Waals surface area contributed by atoms with Gasteiger partial charge in [0.05, 0.1) is 61.2 Å². The van der Waals surface area contributed by atoms with Gasteiger partial charge in [-0.25, -0.2) is 14.5 Å². The summed E-state index contributed by atoms with van der Waals surface area (Å²) in [6.45, 7) is 5.35. The smallest absolute Gasteiger partial charge is 0.407 e. The number of rotatable bonds is 25. The van der Waals surface area contributed by atoms with Crippen LogP contribution in [0.1, 0.15) is 90.5 Å². The Morgan fingerprint density at radius 1 is 0.747 bits per heavy atom. The molecule has 2 fully saturated rings. The predicted octanol–water partition coefficient (Wildman–Crippen LogP) is 6.29. The van der Waals surface area contributed by atoms with Crippen molar-refractivity contribution in [3.05, 3.63) is 137 Å². The summed E-state index contributed by atoms with van der Waals surface area (Å²) in [7, 11) is 1.48. The molecule has 4 amide bonds. The predicted molar refractivity (Wildman–Crippen MR) is 312 cm³/mol. The van der Waals surface area contributed by atoms with Crippen LogP contribution in [-0.4, -0.2) is 153 Å². The number of anilines is 1. The first-order chi connectivity index (χ1) is 41.9. The molecule has 458 valence electrons. The molecule has 1 saturated heterocycles. The number of esters is 3. The molecule has 1 spiro atoms. The molecule has 87 heavy (non-hydrogen) atoms. The third kappa shape index (κ3) is 13.4. The molecule has 0 aromatic heterocycles. The van der Waals surface area contributed by atoms with Crippen molar-refractivity contribution in [2.24, 2.45) is 11.8 Å². The van der Waals surface area contributed by atoms with Gasteiger partial charge in [0.25, 0.3) is 0 Å². The second kappa shape index (κ2) is 27.3. The fourth-order valence-electron chi connectivity index (χ4n) is 11.9. The monoisotopic (exact) mass is 1210 g/mol. The van der Waals surface area contributed by atoms with E-state index in [0.717, 1.165) is 38.9 Å². The molecule has 22 nitrogen and oxygen atoms in total. The first-order valence-electron chi connectivity index (χ1n) is 28.7. The third-order valence-corrected chi connectivity index (χ3v) is 17.5. The van der Waals surface area contributed by atoms with Crippen LogP contribution in [0.5, 0.6) is 23.0 Å². The summed E-state index contributed by atoms with van der Waals surface area (Å²) in [5.74, 6) is -3.84. The van der Waals surface area contributed by atoms with E-state index in [-0.39, 0.29) is 142 Å². The number of hydrogen-bond acceptors (Lipinski definition) is 20. The number of carbonyl (C=O) groups is 8. The molecule has 3 heterocycles. The molecule has 5 aromatic rings. The Morgan fingerprint density at radius 3 is 2.02 bits per heavy atom. The lowest BCUT2D eigenvalue weighted by atomic mass is 9.76. The lowest BCUT2D eigenvalue weighted by Crippen LogP contribution is -2.51. The Labute approximate surface area is 505 Å². The molecule has 4 unspecified atom stereocenters. The number of hydrogen-bond donors (Lipinski definition) is 4. The Balaban J connectivity index is 0.753. The zero-order chi connectivity index (χ0) is 61.5. The summed E-state index contributed by atoms with van der Waals surface area (Å²) in [5, 5.41) is 25.0. The Kier molecular flexibility index (Phi) is 19.5. The summed E-state index contributed by atoms with van der Waals surface area (Å²) in [6.07, 6.45) is -2.80. The highest BCUT2D eigenvalue weighted by Gasteiger charge is 2.54. The number of amides is 4. The molecule has 0 bridgehead atoms. The average molecular weight is 1210 g/mol. The van der Waals surface area contributed by atoms with Gasteiger partial charge in [0.2, 0.25) is 17.7 Å². The summed E-state index contributed by atoms with van der Waals surface area (Å²) < 4.78 is 51.3. The van der Waals surface area contributed by atoms with Crippen LogP contribution in [0.2, 0.25) is 0 Å². The van der Waals surface area contributed by atoms with Crippen molar-refractivity contribution in [3.8, 4) is 34.1 Å². The molecule has 2 aliphatic carbocycles. The van der Waals surface area contributed by atoms with Crippen molar-refractivity contribution in [3.63, 3.8) is 0 Å². The van der Waals surface area contributed by atoms with Gasteiger partial charge in [-0.3, -0.25) is 28.8 Å². The van der Waals surface area contributed by atoms with E-state index < -0.39 is 71.0 Å². The molecular weight excluding hydrogens is 1150 g/mol. The molecule has 23 heteroatoms. The van der Waals surface area contributed by atoms with E-state index in [1.54, 1.807) is 18.2 Å². The van der Waals surface area contributed by atoms with Gasteiger partial charge < -0.3 is 63.5 Å². The number of aliphatic hydroxyl groups is 2. The molecule has 7 atom stereocenters. The van der Waals surface area contributed by atoms with Crippen LogP contribution in [0.4, 0.5) is 10.5 Å². The molecule has 0 radical (unpaired) electrons. The third-order valence-electron chi connectivity index (χ3n) is 16.2. The lowest BCUT2D eigenvalue weighted by Gasteiger charge is -2.40. The maximum atomic E-state index is 14.3. The zero-order valence-electron chi connectivity index (χ0n) is 48.3. The molecule has 5 aromatic carbocycles. The van der Waals surface area contributed by atoms with E-state index in [9.17, 15) is 48.6 Å². The highest BCUT2D eigenvalue weighted by molar-refractivity contribution is 8.00. The van der Waals surface area contributed by atoms with Crippen molar-refractivity contribution in [2.45, 2.75) is 87.6 Å². The maximum Gasteiger partial charge on any atom is 0.407 e. The molecule has 3 aliphatic heterocycles. The van der Waals surface area contributed by atoms with Crippen molar-refractivity contribution < 1.29 is 91.2 Å². The topological polar surface area (TPSA) is 287 Å². The van der Waals surface area contributed by atoms with Crippen LogP contribution in [0.15, 0.2) is 103 Å². The second-order valence-corrected chi connectivity index (χ2v) is 23.0. The highest BCUT2D eigenvalue weighted by atomic mass is 32.2. The average Bonchev–Trinajstić information content (AvgIpc) is 1.80. The number of carbonyl (C=O) groups excluding carboxylic acids is 8. The first-order valence-corrected chi connectivity index (χ1v) is 29.7. The van der Waals surface area contributed by atoms with E-state index >= 15 is 0 Å². The molecule has 10 rings (SSSR count). The minimum Gasteiger partial charge on any atom is -0.456 e. The Bertz CT molecular complexity index is 3350. The van der Waals surface area contributed by atoms with Crippen molar-refractivity contribution in [1.29, 1.82) is 0 Å². The van der Waals surface area contributed by atoms with Crippen molar-refractivity contribution in [2.75, 3.05) is 70.6 Å². The van der Waals surface area contributed by atoms with Crippen LogP contribution in [0.3, 0.4) is 0 Å². The number of thioether (sulfide) groups is 1. The van der Waals surface area contributed by atoms with Gasteiger partial charge in [0.15, 0.2) is 11.4 Å². The second-order valence-electron chi connectivity index (χ2n) is 21.8. The van der Waals surface area contributed by atoms with Gasteiger partial charge in [-0.15, -0.1) is 11.8 Å². The number of Topliss-reactive ketones (excluding diaryl/α,β-unsaturated/α-hetero) is 1. The van der Waals surface area contributed by atoms with Crippen LogP contribution < -0.4 is 29.7 Å². The number of aliphatic hydroxyl groups excluding tert-OH is 2. The summed E-state index contributed by atoms with van der Waals surface area (Å²) in [6, 6.07) is 28.3. The van der Waals surface area contributed by atoms with Gasteiger partial charge in [-0.1, -0.05) is 61.5 Å². The SMILES string of the molecule is CO[C@@H]1CC(COCC(=O)NCCOCCOCCCC(=O)C(CSC2CC(=O)N(c3ccc4c(c3)C(=O)OC43c4ccc(OC(C)=O)cc4Oc4cc(OC(C)=O)ccc43)C2=O)NC(=O)OCC2c3ccccc3-c3ccccc32)[C@@H](C)[C@H](O)C1O. The number of nitrogens with one attached hydrogen (secondary N) is 2. The zero-order valence-corrected chi connectivity index (χ0v) is 49.1. The van der Waals surface area contributed by atoms with Gasteiger partial charge in [0, 0.05) is 87.4 Å². The maximum absolute atomic E-state index is 14.3. The number of nitrogens with zero attached hydrogens (tertiary/aromatic N) is 1. The molecule has 5 aliphatic rings. The molecule has 4 N–H and O–H groups in total. The Morgan fingerprint density at radius 2 is 1.38 bits per heavy atom. The number of fused-ring (bicyclic) bond motifs is 9.